The largest absolute Gasteiger partial charge is 0.453 e. The highest BCUT2D eigenvalue weighted by atomic mass is 16.3. The number of nitriles is 3. The highest BCUT2D eigenvalue weighted by Gasteiger charge is 2.23. The molecule has 10 rings (SSSR count). The van der Waals surface area contributed by atoms with Gasteiger partial charge in [0.05, 0.1) is 39.3 Å². The number of rotatable bonds is 3. The third-order valence-corrected chi connectivity index (χ3v) is 10.00. The van der Waals surface area contributed by atoms with Crippen LogP contribution in [0.3, 0.4) is 0 Å². The summed E-state index contributed by atoms with van der Waals surface area (Å²) in [4.78, 5) is 0. The molecular formula is C45H23N5O. The lowest BCUT2D eigenvalue weighted by Crippen LogP contribution is -1.97. The van der Waals surface area contributed by atoms with Gasteiger partial charge in [0, 0.05) is 43.7 Å². The fourth-order valence-corrected chi connectivity index (χ4v) is 7.81. The standard InChI is InChI=1S/C45H23N5O/c46-24-27-18-19-42-36(20-27)33-13-1-3-16-40(33)49(42)31-11-5-8-28(21-31)29-9-6-12-32(22-29)50-41-17-4-2-14-34(41)37-23-38-35-15-7-10-30(25-47)44(35)51-45(38)39(26-48)43(37)50/h1-23H. The summed E-state index contributed by atoms with van der Waals surface area (Å²) in [6.07, 6.45) is 0. The average Bonchev–Trinajstić information content (AvgIpc) is 3.84. The Balaban J connectivity index is 1.19. The fraction of sp³-hybridized carbons (Fsp3) is 0. The molecule has 51 heavy (non-hydrogen) atoms. The summed E-state index contributed by atoms with van der Waals surface area (Å²) in [6, 6.07) is 53.8. The molecule has 0 aliphatic rings. The van der Waals surface area contributed by atoms with Crippen LogP contribution in [0.5, 0.6) is 0 Å². The van der Waals surface area contributed by atoms with Crippen molar-refractivity contribution in [1.29, 1.82) is 15.8 Å². The zero-order valence-electron chi connectivity index (χ0n) is 26.9. The Labute approximate surface area is 291 Å². The van der Waals surface area contributed by atoms with Crippen LogP contribution in [0.2, 0.25) is 0 Å². The first kappa shape index (κ1) is 28.4. The van der Waals surface area contributed by atoms with Crippen molar-refractivity contribution in [2.75, 3.05) is 0 Å². The van der Waals surface area contributed by atoms with Crippen LogP contribution in [0.1, 0.15) is 16.7 Å². The molecule has 0 fully saturated rings. The number of fused-ring (bicyclic) bond motifs is 9. The van der Waals surface area contributed by atoms with E-state index in [0.717, 1.165) is 76.9 Å². The van der Waals surface area contributed by atoms with E-state index < -0.39 is 0 Å². The lowest BCUT2D eigenvalue weighted by atomic mass is 10.0. The van der Waals surface area contributed by atoms with Crippen molar-refractivity contribution in [2.24, 2.45) is 0 Å². The smallest absolute Gasteiger partial charge is 0.155 e. The van der Waals surface area contributed by atoms with Crippen molar-refractivity contribution in [3.63, 3.8) is 0 Å². The number of aromatic nitrogens is 2. The van der Waals surface area contributed by atoms with E-state index in [0.29, 0.717) is 27.9 Å². The van der Waals surface area contributed by atoms with Crippen LogP contribution in [0.4, 0.5) is 0 Å². The maximum atomic E-state index is 10.7. The van der Waals surface area contributed by atoms with Crippen LogP contribution in [-0.4, -0.2) is 9.13 Å². The van der Waals surface area contributed by atoms with Gasteiger partial charge in [-0.3, -0.25) is 0 Å². The van der Waals surface area contributed by atoms with Gasteiger partial charge in [0.1, 0.15) is 17.7 Å². The van der Waals surface area contributed by atoms with E-state index in [1.165, 1.54) is 0 Å². The van der Waals surface area contributed by atoms with Crippen molar-refractivity contribution in [2.45, 2.75) is 0 Å². The molecule has 0 saturated carbocycles. The zero-order valence-corrected chi connectivity index (χ0v) is 26.9. The number of benzene rings is 7. The number of para-hydroxylation sites is 3. The molecule has 0 radical (unpaired) electrons. The van der Waals surface area contributed by atoms with Gasteiger partial charge in [-0.2, -0.15) is 15.8 Å². The quantitative estimate of drug-likeness (QED) is 0.190. The van der Waals surface area contributed by atoms with Crippen molar-refractivity contribution in [3.05, 3.63) is 156 Å². The van der Waals surface area contributed by atoms with Crippen molar-refractivity contribution in [1.82, 2.24) is 9.13 Å². The van der Waals surface area contributed by atoms with Crippen LogP contribution in [0, 0.1) is 34.0 Å². The fourth-order valence-electron chi connectivity index (χ4n) is 7.81. The summed E-state index contributed by atoms with van der Waals surface area (Å²) >= 11 is 0. The molecular weight excluding hydrogens is 627 g/mol. The lowest BCUT2D eigenvalue weighted by molar-refractivity contribution is 0.667. The first-order valence-electron chi connectivity index (χ1n) is 16.5. The van der Waals surface area contributed by atoms with Gasteiger partial charge >= 0.3 is 0 Å². The van der Waals surface area contributed by atoms with E-state index >= 15 is 0 Å². The Bertz CT molecular complexity index is 3240. The first-order valence-corrected chi connectivity index (χ1v) is 16.5. The van der Waals surface area contributed by atoms with Gasteiger partial charge in [-0.25, -0.2) is 0 Å². The van der Waals surface area contributed by atoms with Crippen LogP contribution in [0.15, 0.2) is 144 Å². The van der Waals surface area contributed by atoms with Crippen LogP contribution in [0.25, 0.3) is 88.1 Å². The molecule has 0 saturated heterocycles. The van der Waals surface area contributed by atoms with E-state index in [1.807, 2.05) is 60.7 Å². The predicted molar refractivity (Wildman–Crippen MR) is 202 cm³/mol. The Kier molecular flexibility index (Phi) is 5.97. The minimum Gasteiger partial charge on any atom is -0.453 e. The number of hydrogen-bond donors (Lipinski definition) is 0. The molecule has 6 heteroatoms. The Morgan fingerprint density at radius 1 is 0.431 bits per heavy atom. The molecule has 0 unspecified atom stereocenters. The molecule has 0 atom stereocenters. The second kappa shape index (κ2) is 10.7. The lowest BCUT2D eigenvalue weighted by Gasteiger charge is -2.13. The molecule has 7 aromatic carbocycles. The summed E-state index contributed by atoms with van der Waals surface area (Å²) in [5.41, 5.74) is 10.3. The molecule has 0 amide bonds. The number of nitrogens with zero attached hydrogens (tertiary/aromatic N) is 5. The second-order valence-corrected chi connectivity index (χ2v) is 12.7. The molecule has 0 N–H and O–H groups in total. The number of hydrogen-bond acceptors (Lipinski definition) is 4. The monoisotopic (exact) mass is 649 g/mol. The third-order valence-electron chi connectivity index (χ3n) is 10.00. The Hall–Kier alpha value is -7.59. The maximum absolute atomic E-state index is 10.7. The predicted octanol–water partition coefficient (Wildman–Crippen LogP) is 11.1. The van der Waals surface area contributed by atoms with Gasteiger partial charge < -0.3 is 13.6 Å². The third kappa shape index (κ3) is 4.01. The van der Waals surface area contributed by atoms with Gasteiger partial charge in [0.15, 0.2) is 11.2 Å². The molecule has 234 valence electrons. The molecule has 10 aromatic rings. The SMILES string of the molecule is N#Cc1ccc2c(c1)c1ccccc1n2-c1cccc(-c2cccc(-n3c4ccccc4c4cc5c(oc6c(C#N)cccc65)c(C#N)c43)c2)c1. The van der Waals surface area contributed by atoms with E-state index in [9.17, 15) is 15.8 Å². The topological polar surface area (TPSA) is 94.4 Å². The molecule has 0 aliphatic heterocycles. The molecule has 3 aromatic heterocycles. The summed E-state index contributed by atoms with van der Waals surface area (Å²) < 4.78 is 10.7. The zero-order chi connectivity index (χ0) is 34.2. The van der Waals surface area contributed by atoms with Gasteiger partial charge in [-0.15, -0.1) is 0 Å². The van der Waals surface area contributed by atoms with Gasteiger partial charge in [0.2, 0.25) is 0 Å². The van der Waals surface area contributed by atoms with Crippen LogP contribution >= 0.6 is 0 Å². The minimum absolute atomic E-state index is 0.428. The number of furan rings is 1. The van der Waals surface area contributed by atoms with Crippen LogP contribution in [-0.2, 0) is 0 Å². The molecule has 0 aliphatic carbocycles. The maximum Gasteiger partial charge on any atom is 0.155 e. The van der Waals surface area contributed by atoms with E-state index in [-0.39, 0.29) is 0 Å². The van der Waals surface area contributed by atoms with Gasteiger partial charge in [-0.05, 0) is 77.9 Å². The highest BCUT2D eigenvalue weighted by Crippen LogP contribution is 2.42. The Morgan fingerprint density at radius 3 is 1.76 bits per heavy atom. The van der Waals surface area contributed by atoms with Crippen molar-refractivity contribution < 1.29 is 4.42 Å². The molecule has 0 spiro atoms. The van der Waals surface area contributed by atoms with E-state index in [4.69, 9.17) is 4.42 Å². The molecule has 3 heterocycles. The Morgan fingerprint density at radius 2 is 1.06 bits per heavy atom. The summed E-state index contributed by atoms with van der Waals surface area (Å²) in [5, 5.41) is 35.8. The molecule has 6 nitrogen and oxygen atoms in total. The summed E-state index contributed by atoms with van der Waals surface area (Å²) in [7, 11) is 0. The van der Waals surface area contributed by atoms with Crippen molar-refractivity contribution in [3.8, 4) is 40.7 Å². The summed E-state index contributed by atoms with van der Waals surface area (Å²) in [5.74, 6) is 0. The average molecular weight is 650 g/mol. The minimum atomic E-state index is 0.428. The van der Waals surface area contributed by atoms with Gasteiger partial charge in [0.25, 0.3) is 0 Å². The van der Waals surface area contributed by atoms with Gasteiger partial charge in [-0.1, -0.05) is 72.8 Å². The van der Waals surface area contributed by atoms with E-state index in [1.54, 1.807) is 6.07 Å². The highest BCUT2D eigenvalue weighted by molar-refractivity contribution is 6.20. The second-order valence-electron chi connectivity index (χ2n) is 12.7. The van der Waals surface area contributed by atoms with Crippen molar-refractivity contribution >= 4 is 65.6 Å². The van der Waals surface area contributed by atoms with Crippen LogP contribution < -0.4 is 0 Å². The summed E-state index contributed by atoms with van der Waals surface area (Å²) in [6.45, 7) is 0. The first-order chi connectivity index (χ1) is 25.2. The molecule has 0 bridgehead atoms. The van der Waals surface area contributed by atoms with E-state index in [2.05, 4.69) is 100 Å². The normalized spacial score (nSPS) is 11.5.